The molecule has 0 unspecified atom stereocenters. The number of carbonyl (C=O) groups excluding carboxylic acids is 2. The molecule has 0 saturated heterocycles. The number of alkyl halides is 3. The lowest BCUT2D eigenvalue weighted by Crippen LogP contribution is -2.09. The molecule has 0 atom stereocenters. The molecule has 0 amide bonds. The van der Waals surface area contributed by atoms with Crippen LogP contribution >= 0.6 is 0 Å². The lowest BCUT2D eigenvalue weighted by atomic mass is 9.92. The quantitative estimate of drug-likeness (QED) is 0.191. The van der Waals surface area contributed by atoms with Gasteiger partial charge in [0.2, 0.25) is 11.6 Å². The van der Waals surface area contributed by atoms with Gasteiger partial charge in [0.05, 0.1) is 37.1 Å². The van der Waals surface area contributed by atoms with Crippen molar-refractivity contribution >= 4 is 11.6 Å². The number of ketones is 2. The van der Waals surface area contributed by atoms with Gasteiger partial charge in [0.15, 0.2) is 0 Å². The van der Waals surface area contributed by atoms with Gasteiger partial charge in [-0.3, -0.25) is 9.59 Å². The van der Waals surface area contributed by atoms with Crippen molar-refractivity contribution in [3.05, 3.63) is 142 Å². The van der Waals surface area contributed by atoms with Crippen molar-refractivity contribution in [1.82, 2.24) is 9.97 Å². The summed E-state index contributed by atoms with van der Waals surface area (Å²) in [5.41, 5.74) is 2.39. The molecule has 41 heavy (non-hydrogen) atoms. The summed E-state index contributed by atoms with van der Waals surface area (Å²) in [5, 5.41) is 0. The maximum absolute atomic E-state index is 13.3. The van der Waals surface area contributed by atoms with Crippen molar-refractivity contribution in [1.29, 1.82) is 0 Å². The average molecular weight is 559 g/mol. The molecule has 0 spiro atoms. The number of rotatable bonds is 9. The van der Waals surface area contributed by atoms with Gasteiger partial charge in [-0.2, -0.15) is 13.2 Å². The van der Waals surface area contributed by atoms with Crippen molar-refractivity contribution in [3.8, 4) is 11.5 Å². The number of carbonyl (C=O) groups is 2. The van der Waals surface area contributed by atoms with Gasteiger partial charge in [-0.05, 0) is 90.5 Å². The predicted octanol–water partition coefficient (Wildman–Crippen LogP) is 7.02. The van der Waals surface area contributed by atoms with Gasteiger partial charge in [0.1, 0.15) is 11.5 Å². The van der Waals surface area contributed by atoms with E-state index in [1.54, 1.807) is 72.8 Å². The van der Waals surface area contributed by atoms with Crippen LogP contribution in [0.4, 0.5) is 13.2 Å². The minimum Gasteiger partial charge on any atom is -0.497 e. The normalized spacial score (nSPS) is 11.5. The van der Waals surface area contributed by atoms with Crippen LogP contribution < -0.4 is 9.47 Å². The van der Waals surface area contributed by atoms with Crippen molar-refractivity contribution < 1.29 is 32.2 Å². The Kier molecular flexibility index (Phi) is 7.52. The number of nitrogens with one attached hydrogen (secondary N) is 2. The second-order valence-corrected chi connectivity index (χ2v) is 9.32. The molecule has 5 aromatic rings. The third-order valence-corrected chi connectivity index (χ3v) is 6.80. The highest BCUT2D eigenvalue weighted by Crippen LogP contribution is 2.35. The largest absolute Gasteiger partial charge is 0.497 e. The summed E-state index contributed by atoms with van der Waals surface area (Å²) in [7, 11) is 3.07. The molecular formula is C32H25F3N2O4. The summed E-state index contributed by atoms with van der Waals surface area (Å²) in [6, 6.07) is 24.8. The first-order valence-corrected chi connectivity index (χ1v) is 12.6. The third-order valence-electron chi connectivity index (χ3n) is 6.80. The van der Waals surface area contributed by atoms with E-state index in [4.69, 9.17) is 9.47 Å². The second kappa shape index (κ2) is 11.2. The number of ether oxygens (including phenoxy) is 2. The minimum absolute atomic E-state index is 0.257. The molecule has 2 N–H and O–H groups in total. The smallest absolute Gasteiger partial charge is 0.416 e. The summed E-state index contributed by atoms with van der Waals surface area (Å²) in [4.78, 5) is 32.6. The SMILES string of the molecule is COc1ccc(C(=O)c2ccc(C(c3ccc(C(F)(F)F)cc3)c3ccc(C(=O)c4ccc(OC)cc4)[nH]3)[nH]2)cc1. The Hall–Kier alpha value is -5.05. The fourth-order valence-electron chi connectivity index (χ4n) is 4.61. The summed E-state index contributed by atoms with van der Waals surface area (Å²) in [5.74, 6) is 0.0941. The summed E-state index contributed by atoms with van der Waals surface area (Å²) >= 11 is 0. The number of hydrogen-bond acceptors (Lipinski definition) is 4. The van der Waals surface area contributed by atoms with E-state index >= 15 is 0 Å². The van der Waals surface area contributed by atoms with E-state index in [1.807, 2.05) is 0 Å². The van der Waals surface area contributed by atoms with Crippen molar-refractivity contribution in [2.45, 2.75) is 12.1 Å². The second-order valence-electron chi connectivity index (χ2n) is 9.32. The zero-order valence-electron chi connectivity index (χ0n) is 22.1. The molecule has 0 fully saturated rings. The summed E-state index contributed by atoms with van der Waals surface area (Å²) in [6.07, 6.45) is -4.48. The molecule has 0 aliphatic rings. The number of hydrogen-bond donors (Lipinski definition) is 2. The first-order valence-electron chi connectivity index (χ1n) is 12.6. The van der Waals surface area contributed by atoms with Gasteiger partial charge >= 0.3 is 6.18 Å². The van der Waals surface area contributed by atoms with Crippen LogP contribution in [0.15, 0.2) is 97.1 Å². The van der Waals surface area contributed by atoms with Crippen LogP contribution in [0.25, 0.3) is 0 Å². The first-order chi connectivity index (χ1) is 19.7. The Bertz CT molecular complexity index is 1570. The Labute approximate surface area is 233 Å². The monoisotopic (exact) mass is 558 g/mol. The molecule has 6 nitrogen and oxygen atoms in total. The van der Waals surface area contributed by atoms with Crippen LogP contribution in [0, 0.1) is 0 Å². The van der Waals surface area contributed by atoms with Gasteiger partial charge in [-0.1, -0.05) is 12.1 Å². The molecule has 5 rings (SSSR count). The molecule has 208 valence electrons. The van der Waals surface area contributed by atoms with Gasteiger partial charge in [-0.15, -0.1) is 0 Å². The highest BCUT2D eigenvalue weighted by Gasteiger charge is 2.31. The molecule has 0 radical (unpaired) electrons. The Balaban J connectivity index is 1.51. The van der Waals surface area contributed by atoms with Crippen LogP contribution in [0.3, 0.4) is 0 Å². The van der Waals surface area contributed by atoms with E-state index in [2.05, 4.69) is 9.97 Å². The van der Waals surface area contributed by atoms with Crippen LogP contribution in [-0.4, -0.2) is 35.8 Å². The number of H-pyrrole nitrogens is 2. The van der Waals surface area contributed by atoms with Gasteiger partial charge < -0.3 is 19.4 Å². The first kappa shape index (κ1) is 27.5. The molecular weight excluding hydrogens is 533 g/mol. The van der Waals surface area contributed by atoms with Gasteiger partial charge in [0.25, 0.3) is 0 Å². The minimum atomic E-state index is -4.48. The van der Waals surface area contributed by atoms with E-state index in [0.717, 1.165) is 12.1 Å². The van der Waals surface area contributed by atoms with E-state index < -0.39 is 17.7 Å². The Morgan fingerprint density at radius 1 is 0.610 bits per heavy atom. The molecule has 3 aromatic carbocycles. The topological polar surface area (TPSA) is 84.2 Å². The van der Waals surface area contributed by atoms with Crippen LogP contribution in [0.2, 0.25) is 0 Å². The zero-order chi connectivity index (χ0) is 29.1. The van der Waals surface area contributed by atoms with Crippen LogP contribution in [-0.2, 0) is 6.18 Å². The van der Waals surface area contributed by atoms with E-state index in [1.165, 1.54) is 26.4 Å². The van der Waals surface area contributed by atoms with Crippen molar-refractivity contribution in [2.75, 3.05) is 14.2 Å². The standard InChI is InChI=1S/C32H25F3N2O4/c1-40-23-11-5-20(6-12-23)30(38)27-17-15-25(36-27)29(19-3-9-22(10-4-19)32(33,34)35)26-16-18-28(37-26)31(39)21-7-13-24(41-2)14-8-21/h3-18,29,36-37H,1-2H3. The molecule has 0 aliphatic heterocycles. The maximum Gasteiger partial charge on any atom is 0.416 e. The predicted molar refractivity (Wildman–Crippen MR) is 147 cm³/mol. The Morgan fingerprint density at radius 3 is 1.39 bits per heavy atom. The third kappa shape index (κ3) is 5.79. The summed E-state index contributed by atoms with van der Waals surface area (Å²) in [6.45, 7) is 0. The molecule has 0 bridgehead atoms. The maximum atomic E-state index is 13.3. The fraction of sp³-hybridized carbons (Fsp3) is 0.125. The Morgan fingerprint density at radius 2 is 1.02 bits per heavy atom. The molecule has 2 heterocycles. The van der Waals surface area contributed by atoms with E-state index in [-0.39, 0.29) is 11.6 Å². The molecule has 0 saturated carbocycles. The van der Waals surface area contributed by atoms with Crippen LogP contribution in [0.1, 0.15) is 60.5 Å². The number of benzene rings is 3. The number of aromatic nitrogens is 2. The number of methoxy groups -OCH3 is 2. The lowest BCUT2D eigenvalue weighted by Gasteiger charge is -2.17. The van der Waals surface area contributed by atoms with Gasteiger partial charge in [0, 0.05) is 22.5 Å². The average Bonchev–Trinajstić information content (AvgIpc) is 3.68. The summed E-state index contributed by atoms with van der Waals surface area (Å²) < 4.78 is 50.1. The highest BCUT2D eigenvalue weighted by atomic mass is 19.4. The van der Waals surface area contributed by atoms with Gasteiger partial charge in [-0.25, -0.2) is 0 Å². The fourth-order valence-corrected chi connectivity index (χ4v) is 4.61. The van der Waals surface area contributed by atoms with Crippen molar-refractivity contribution in [3.63, 3.8) is 0 Å². The van der Waals surface area contributed by atoms with Crippen molar-refractivity contribution in [2.24, 2.45) is 0 Å². The zero-order valence-corrected chi connectivity index (χ0v) is 22.1. The molecule has 0 aliphatic carbocycles. The lowest BCUT2D eigenvalue weighted by molar-refractivity contribution is -0.137. The van der Waals surface area contributed by atoms with E-state index in [9.17, 15) is 22.8 Å². The van der Waals surface area contributed by atoms with E-state index in [0.29, 0.717) is 51.0 Å². The number of halogens is 3. The van der Waals surface area contributed by atoms with Crippen LogP contribution in [0.5, 0.6) is 11.5 Å². The molecule has 2 aromatic heterocycles. The molecule has 9 heteroatoms. The highest BCUT2D eigenvalue weighted by molar-refractivity contribution is 6.08. The number of aromatic amines is 2.